The van der Waals surface area contributed by atoms with Gasteiger partial charge in [0.15, 0.2) is 5.75 Å². The van der Waals surface area contributed by atoms with Crippen molar-refractivity contribution in [3.05, 3.63) is 67.4 Å². The average molecular weight is 581 g/mol. The molecule has 0 radical (unpaired) electrons. The van der Waals surface area contributed by atoms with Gasteiger partial charge in [-0.1, -0.05) is 44.0 Å². The van der Waals surface area contributed by atoms with E-state index in [2.05, 4.69) is 35.6 Å². The monoisotopic (exact) mass is 580 g/mol. The molecule has 2 aliphatic carbocycles. The number of halogens is 2. The molecule has 0 amide bonds. The maximum Gasteiger partial charge on any atom is 0.349 e. The van der Waals surface area contributed by atoms with Crippen LogP contribution in [0.2, 0.25) is 10.0 Å². The van der Waals surface area contributed by atoms with Crippen LogP contribution in [0, 0.1) is 16.7 Å². The van der Waals surface area contributed by atoms with Gasteiger partial charge in [0.1, 0.15) is 22.6 Å². The number of hydrogen-bond donors (Lipinski definition) is 3. The van der Waals surface area contributed by atoms with Crippen LogP contribution in [-0.2, 0) is 10.0 Å². The van der Waals surface area contributed by atoms with Gasteiger partial charge in [-0.25, -0.2) is 17.9 Å². The number of phenols is 1. The zero-order valence-electron chi connectivity index (χ0n) is 20.8. The van der Waals surface area contributed by atoms with Crippen LogP contribution in [0.4, 0.5) is 0 Å². The van der Waals surface area contributed by atoms with Crippen LogP contribution in [0.1, 0.15) is 40.0 Å². The van der Waals surface area contributed by atoms with E-state index in [9.17, 15) is 23.1 Å². The third-order valence-corrected chi connectivity index (χ3v) is 10.5. The van der Waals surface area contributed by atoms with Gasteiger partial charge in [0, 0.05) is 12.1 Å². The van der Waals surface area contributed by atoms with E-state index >= 15 is 0 Å². The van der Waals surface area contributed by atoms with Gasteiger partial charge < -0.3 is 9.84 Å². The number of rotatable bonds is 6. The molecule has 0 saturated heterocycles. The third kappa shape index (κ3) is 4.31. The Morgan fingerprint density at radius 3 is 2.42 bits per heavy atom. The van der Waals surface area contributed by atoms with E-state index in [0.717, 1.165) is 30.1 Å². The Kier molecular flexibility index (Phi) is 6.41. The maximum atomic E-state index is 13.4. The molecule has 3 N–H and O–H groups in total. The molecule has 1 aromatic heterocycles. The van der Waals surface area contributed by atoms with Crippen molar-refractivity contribution in [1.29, 1.82) is 0 Å². The molecular weight excluding hydrogens is 555 g/mol. The van der Waals surface area contributed by atoms with Crippen molar-refractivity contribution in [2.45, 2.75) is 51.0 Å². The highest BCUT2D eigenvalue weighted by Crippen LogP contribution is 2.65. The van der Waals surface area contributed by atoms with Gasteiger partial charge in [-0.3, -0.25) is 9.78 Å². The van der Waals surface area contributed by atoms with Gasteiger partial charge >= 0.3 is 5.69 Å². The Balaban J connectivity index is 1.43. The highest BCUT2D eigenvalue weighted by atomic mass is 35.5. The number of benzene rings is 2. The standard InChI is InChI=1S/C25H26Cl2N4O6S/c1-24(2)13-6-7-25(24,3)20(8-13)30-38(35,36)19-11-15(4-5-18(19)32)37-22-16(26)9-14(10-17(22)27)31-23(34)29-21(33)12-28-31/h4-5,9-13,20,30,32H,6-8H2,1-3H3,(H,29,33,34). The molecule has 3 unspecified atom stereocenters. The molecule has 0 aliphatic heterocycles. The normalized spacial score (nSPS) is 24.0. The summed E-state index contributed by atoms with van der Waals surface area (Å²) in [5, 5.41) is 14.2. The SMILES string of the molecule is CC1(C)C2CCC1(C)C(NS(=O)(=O)c1cc(Oc3c(Cl)cc(-n4ncc(=O)[nH]c4=O)cc3Cl)ccc1O)C2. The largest absolute Gasteiger partial charge is 0.507 e. The van der Waals surface area contributed by atoms with Crippen molar-refractivity contribution in [3.8, 4) is 22.9 Å². The zero-order chi connectivity index (χ0) is 27.6. The molecule has 2 aliphatic rings. The summed E-state index contributed by atoms with van der Waals surface area (Å²) in [5.41, 5.74) is -1.46. The lowest BCUT2D eigenvalue weighted by Crippen LogP contribution is -2.46. The van der Waals surface area contributed by atoms with E-state index in [0.29, 0.717) is 5.92 Å². The van der Waals surface area contributed by atoms with Crippen LogP contribution >= 0.6 is 23.2 Å². The van der Waals surface area contributed by atoms with Gasteiger partial charge in [-0.05, 0) is 60.3 Å². The summed E-state index contributed by atoms with van der Waals surface area (Å²) in [6.45, 7) is 6.50. The van der Waals surface area contributed by atoms with Gasteiger partial charge in [-0.2, -0.15) is 9.78 Å². The number of aromatic hydroxyl groups is 1. The summed E-state index contributed by atoms with van der Waals surface area (Å²) in [6.07, 6.45) is 3.67. The minimum atomic E-state index is -4.09. The molecule has 202 valence electrons. The Labute approximate surface area is 228 Å². The molecule has 10 nitrogen and oxygen atoms in total. The van der Waals surface area contributed by atoms with E-state index in [4.69, 9.17) is 27.9 Å². The topological polar surface area (TPSA) is 143 Å². The lowest BCUT2D eigenvalue weighted by Gasteiger charge is -2.39. The maximum absolute atomic E-state index is 13.4. The number of ether oxygens (including phenoxy) is 1. The van der Waals surface area contributed by atoms with Crippen molar-refractivity contribution >= 4 is 33.2 Å². The average Bonchev–Trinajstić information content (AvgIpc) is 3.15. The molecule has 38 heavy (non-hydrogen) atoms. The summed E-state index contributed by atoms with van der Waals surface area (Å²) in [6, 6.07) is 6.25. The van der Waals surface area contributed by atoms with Crippen LogP contribution in [-0.4, -0.2) is 34.3 Å². The zero-order valence-corrected chi connectivity index (χ0v) is 23.1. The molecule has 1 heterocycles. The highest BCUT2D eigenvalue weighted by molar-refractivity contribution is 7.89. The second-order valence-corrected chi connectivity index (χ2v) is 13.1. The number of hydrogen-bond acceptors (Lipinski definition) is 7. The minimum absolute atomic E-state index is 0.000133. The molecule has 2 fully saturated rings. The summed E-state index contributed by atoms with van der Waals surface area (Å²) in [5.74, 6) is 0.0730. The van der Waals surface area contributed by atoms with Crippen LogP contribution in [0.25, 0.3) is 5.69 Å². The Bertz CT molecular complexity index is 1650. The Morgan fingerprint density at radius 2 is 1.84 bits per heavy atom. The molecule has 13 heteroatoms. The number of fused-ring (bicyclic) bond motifs is 2. The summed E-state index contributed by atoms with van der Waals surface area (Å²) in [4.78, 5) is 25.1. The van der Waals surface area contributed by atoms with Gasteiger partial charge in [0.05, 0.1) is 15.7 Å². The van der Waals surface area contributed by atoms with Crippen LogP contribution in [0.5, 0.6) is 17.2 Å². The first-order valence-electron chi connectivity index (χ1n) is 11.9. The molecule has 2 aromatic carbocycles. The molecular formula is C25H26Cl2N4O6S. The highest BCUT2D eigenvalue weighted by Gasteiger charge is 2.62. The summed E-state index contributed by atoms with van der Waals surface area (Å²) < 4.78 is 36.3. The number of phenolic OH excluding ortho intramolecular Hbond substituents is 1. The van der Waals surface area contributed by atoms with Crippen molar-refractivity contribution in [1.82, 2.24) is 19.5 Å². The number of H-pyrrole nitrogens is 1. The molecule has 2 bridgehead atoms. The second-order valence-electron chi connectivity index (χ2n) is 10.6. The fraction of sp³-hybridized carbons (Fsp3) is 0.400. The number of aromatic nitrogens is 3. The predicted molar refractivity (Wildman–Crippen MR) is 142 cm³/mol. The fourth-order valence-corrected chi connectivity index (χ4v) is 7.85. The summed E-state index contributed by atoms with van der Waals surface area (Å²) >= 11 is 12.7. The minimum Gasteiger partial charge on any atom is -0.507 e. The lowest BCUT2D eigenvalue weighted by atomic mass is 9.69. The molecule has 5 rings (SSSR count). The number of aromatic amines is 1. The first-order chi connectivity index (χ1) is 17.7. The molecule has 2 saturated carbocycles. The van der Waals surface area contributed by atoms with Crippen molar-refractivity contribution < 1.29 is 18.3 Å². The molecule has 3 atom stereocenters. The van der Waals surface area contributed by atoms with E-state index in [1.807, 2.05) is 0 Å². The second kappa shape index (κ2) is 9.11. The van der Waals surface area contributed by atoms with Crippen LogP contribution in [0.15, 0.2) is 51.0 Å². The number of sulfonamides is 1. The van der Waals surface area contributed by atoms with Crippen LogP contribution in [0.3, 0.4) is 0 Å². The Morgan fingerprint density at radius 1 is 1.16 bits per heavy atom. The lowest BCUT2D eigenvalue weighted by molar-refractivity contribution is 0.130. The molecule has 3 aromatic rings. The van der Waals surface area contributed by atoms with E-state index in [-0.39, 0.29) is 49.0 Å². The van der Waals surface area contributed by atoms with Crippen molar-refractivity contribution in [2.24, 2.45) is 16.7 Å². The Hall–Kier alpha value is -2.86. The first-order valence-corrected chi connectivity index (χ1v) is 14.2. The van der Waals surface area contributed by atoms with Gasteiger partial charge in [0.25, 0.3) is 5.56 Å². The third-order valence-electron chi connectivity index (χ3n) is 8.47. The fourth-order valence-electron chi connectivity index (χ4n) is 5.83. The number of nitrogens with one attached hydrogen (secondary N) is 2. The smallest absolute Gasteiger partial charge is 0.349 e. The first kappa shape index (κ1) is 26.7. The quantitative estimate of drug-likeness (QED) is 0.396. The van der Waals surface area contributed by atoms with Crippen molar-refractivity contribution in [2.75, 3.05) is 0 Å². The van der Waals surface area contributed by atoms with Gasteiger partial charge in [-0.15, -0.1) is 0 Å². The van der Waals surface area contributed by atoms with E-state index in [1.54, 1.807) is 0 Å². The predicted octanol–water partition coefficient (Wildman–Crippen LogP) is 4.22. The summed E-state index contributed by atoms with van der Waals surface area (Å²) in [7, 11) is -4.09. The molecule has 0 spiro atoms. The van der Waals surface area contributed by atoms with Crippen molar-refractivity contribution in [3.63, 3.8) is 0 Å². The van der Waals surface area contributed by atoms with E-state index < -0.39 is 27.0 Å². The van der Waals surface area contributed by atoms with E-state index in [1.165, 1.54) is 30.3 Å². The number of nitrogens with zero attached hydrogens (tertiary/aromatic N) is 2. The van der Waals surface area contributed by atoms with Crippen LogP contribution < -0.4 is 20.7 Å². The van der Waals surface area contributed by atoms with Gasteiger partial charge in [0.2, 0.25) is 10.0 Å².